The minimum Gasteiger partial charge on any atom is -0.396 e. The molecule has 20 heavy (non-hydrogen) atoms. The maximum atomic E-state index is 9.57. The third-order valence-electron chi connectivity index (χ3n) is 4.29. The van der Waals surface area contributed by atoms with Gasteiger partial charge in [0, 0.05) is 30.2 Å². The summed E-state index contributed by atoms with van der Waals surface area (Å²) in [7, 11) is 0. The van der Waals surface area contributed by atoms with Crippen molar-refractivity contribution in [2.45, 2.75) is 60.9 Å². The van der Waals surface area contributed by atoms with Crippen LogP contribution in [0.3, 0.4) is 0 Å². The summed E-state index contributed by atoms with van der Waals surface area (Å²) in [6.45, 7) is 16.9. The predicted molar refractivity (Wildman–Crippen MR) is 84.7 cm³/mol. The second kappa shape index (κ2) is 4.87. The third-order valence-corrected chi connectivity index (χ3v) is 4.29. The molecule has 0 bridgehead atoms. The summed E-state index contributed by atoms with van der Waals surface area (Å²) in [6, 6.07) is 0.243. The Kier molecular flexibility index (Phi) is 3.79. The molecule has 0 aromatic carbocycles. The second-order valence-electron chi connectivity index (χ2n) is 8.35. The van der Waals surface area contributed by atoms with Crippen molar-refractivity contribution in [1.29, 1.82) is 0 Å². The number of hydrogen-bond donors (Lipinski definition) is 1. The van der Waals surface area contributed by atoms with E-state index in [1.807, 2.05) is 0 Å². The van der Waals surface area contributed by atoms with Gasteiger partial charge >= 0.3 is 0 Å². The number of allylic oxidation sites excluding steroid dienone is 1. The van der Waals surface area contributed by atoms with E-state index in [1.165, 1.54) is 17.1 Å². The van der Waals surface area contributed by atoms with Gasteiger partial charge in [0.1, 0.15) is 5.84 Å². The molecule has 0 spiro atoms. The number of amidine groups is 1. The summed E-state index contributed by atoms with van der Waals surface area (Å²) in [5, 5.41) is 9.57. The Labute approximate surface area is 123 Å². The summed E-state index contributed by atoms with van der Waals surface area (Å²) in [6.07, 6.45) is 0.989. The quantitative estimate of drug-likeness (QED) is 0.797. The molecule has 1 N–H and O–H groups in total. The largest absolute Gasteiger partial charge is 0.396 e. The van der Waals surface area contributed by atoms with Crippen LogP contribution in [0.1, 0.15) is 54.9 Å². The topological polar surface area (TPSA) is 35.8 Å². The first kappa shape index (κ1) is 15.6. The minimum atomic E-state index is 0.0489. The van der Waals surface area contributed by atoms with Crippen LogP contribution in [0.4, 0.5) is 0 Å². The molecule has 0 aromatic heterocycles. The first-order valence-corrected chi connectivity index (χ1v) is 7.76. The zero-order valence-corrected chi connectivity index (χ0v) is 14.1. The maximum absolute atomic E-state index is 9.57. The lowest BCUT2D eigenvalue weighted by atomic mass is 9.79. The molecule has 0 saturated carbocycles. The van der Waals surface area contributed by atoms with E-state index in [1.54, 1.807) is 0 Å². The molecule has 0 radical (unpaired) electrons. The molecule has 2 heterocycles. The monoisotopic (exact) mass is 278 g/mol. The summed E-state index contributed by atoms with van der Waals surface area (Å²) >= 11 is 0. The van der Waals surface area contributed by atoms with E-state index < -0.39 is 0 Å². The molecule has 2 aliphatic heterocycles. The van der Waals surface area contributed by atoms with Crippen LogP contribution < -0.4 is 0 Å². The number of aliphatic hydroxyl groups excluding tert-OH is 1. The Hall–Kier alpha value is -0.830. The Morgan fingerprint density at radius 2 is 1.75 bits per heavy atom. The molecule has 0 aliphatic carbocycles. The van der Waals surface area contributed by atoms with Crippen LogP contribution in [-0.2, 0) is 0 Å². The zero-order valence-electron chi connectivity index (χ0n) is 14.1. The van der Waals surface area contributed by atoms with Gasteiger partial charge in [-0.15, -0.1) is 0 Å². The van der Waals surface area contributed by atoms with Crippen molar-refractivity contribution < 1.29 is 5.11 Å². The van der Waals surface area contributed by atoms with Crippen LogP contribution in [0.25, 0.3) is 0 Å². The zero-order chi connectivity index (χ0) is 15.3. The molecule has 0 unspecified atom stereocenters. The Bertz CT molecular complexity index is 449. The molecule has 2 atom stereocenters. The first-order chi connectivity index (χ1) is 9.05. The van der Waals surface area contributed by atoms with Crippen LogP contribution in [-0.4, -0.2) is 35.0 Å². The van der Waals surface area contributed by atoms with Crippen molar-refractivity contribution in [3.05, 3.63) is 11.3 Å². The van der Waals surface area contributed by atoms with Crippen molar-refractivity contribution in [2.24, 2.45) is 21.7 Å². The fourth-order valence-electron chi connectivity index (χ4n) is 3.63. The van der Waals surface area contributed by atoms with E-state index in [4.69, 9.17) is 4.99 Å². The molecule has 0 amide bonds. The molecule has 114 valence electrons. The number of fused-ring (bicyclic) bond motifs is 1. The Morgan fingerprint density at radius 3 is 2.20 bits per heavy atom. The fraction of sp³-hybridized carbons (Fsp3) is 0.824. The third kappa shape index (κ3) is 2.65. The van der Waals surface area contributed by atoms with Crippen molar-refractivity contribution in [3.63, 3.8) is 0 Å². The van der Waals surface area contributed by atoms with E-state index >= 15 is 0 Å². The highest BCUT2D eigenvalue weighted by molar-refractivity contribution is 5.90. The minimum absolute atomic E-state index is 0.0489. The predicted octanol–water partition coefficient (Wildman–Crippen LogP) is 3.45. The number of nitrogens with zero attached hydrogens (tertiary/aromatic N) is 2. The van der Waals surface area contributed by atoms with Crippen LogP contribution in [0, 0.1) is 16.7 Å². The van der Waals surface area contributed by atoms with Gasteiger partial charge in [-0.25, -0.2) is 0 Å². The van der Waals surface area contributed by atoms with Gasteiger partial charge in [0.2, 0.25) is 0 Å². The summed E-state index contributed by atoms with van der Waals surface area (Å²) in [5.74, 6) is 1.53. The summed E-state index contributed by atoms with van der Waals surface area (Å²) < 4.78 is 0. The molecule has 1 fully saturated rings. The normalized spacial score (nSPS) is 27.8. The number of rotatable bonds is 1. The number of hydrogen-bond acceptors (Lipinski definition) is 3. The van der Waals surface area contributed by atoms with E-state index in [9.17, 15) is 5.11 Å². The standard InChI is InChI=1S/C17H30N2O/c1-11-14(16(2,3)4)13-8-12(10-20)9-19(13)15(18-11)17(5,6)7/h11-12,20H,8-10H2,1-7H3/t11-,12+/m0/s1. The Morgan fingerprint density at radius 1 is 1.15 bits per heavy atom. The van der Waals surface area contributed by atoms with E-state index in [-0.39, 0.29) is 23.5 Å². The highest BCUT2D eigenvalue weighted by Crippen LogP contribution is 2.44. The second-order valence-corrected chi connectivity index (χ2v) is 8.35. The maximum Gasteiger partial charge on any atom is 0.109 e. The van der Waals surface area contributed by atoms with E-state index in [2.05, 4.69) is 53.4 Å². The van der Waals surface area contributed by atoms with Gasteiger partial charge in [0.25, 0.3) is 0 Å². The van der Waals surface area contributed by atoms with Crippen molar-refractivity contribution in [3.8, 4) is 0 Å². The Balaban J connectivity index is 2.51. The number of aliphatic imine (C=N–C) groups is 1. The summed E-state index contributed by atoms with van der Waals surface area (Å²) in [5.41, 5.74) is 3.04. The number of aliphatic hydroxyl groups is 1. The molecule has 1 saturated heterocycles. The fourth-order valence-corrected chi connectivity index (χ4v) is 3.63. The van der Waals surface area contributed by atoms with Gasteiger partial charge in [-0.1, -0.05) is 41.5 Å². The highest BCUT2D eigenvalue weighted by atomic mass is 16.3. The smallest absolute Gasteiger partial charge is 0.109 e. The van der Waals surface area contributed by atoms with Crippen molar-refractivity contribution in [1.82, 2.24) is 4.90 Å². The van der Waals surface area contributed by atoms with Crippen LogP contribution >= 0.6 is 0 Å². The first-order valence-electron chi connectivity index (χ1n) is 7.76. The molecule has 2 rings (SSSR count). The van der Waals surface area contributed by atoms with Crippen LogP contribution in [0.2, 0.25) is 0 Å². The van der Waals surface area contributed by atoms with Crippen molar-refractivity contribution in [2.75, 3.05) is 13.2 Å². The van der Waals surface area contributed by atoms with Crippen LogP contribution in [0.15, 0.2) is 16.3 Å². The van der Waals surface area contributed by atoms with Gasteiger partial charge in [0.05, 0.1) is 6.04 Å². The lowest BCUT2D eigenvalue weighted by Gasteiger charge is -2.41. The van der Waals surface area contributed by atoms with Gasteiger partial charge in [-0.2, -0.15) is 0 Å². The van der Waals surface area contributed by atoms with E-state index in [0.29, 0.717) is 5.92 Å². The highest BCUT2D eigenvalue weighted by Gasteiger charge is 2.42. The summed E-state index contributed by atoms with van der Waals surface area (Å²) in [4.78, 5) is 7.41. The average molecular weight is 278 g/mol. The lowest BCUT2D eigenvalue weighted by Crippen LogP contribution is -2.43. The van der Waals surface area contributed by atoms with Crippen molar-refractivity contribution >= 4 is 5.84 Å². The average Bonchev–Trinajstić information content (AvgIpc) is 2.67. The SMILES string of the molecule is C[C@@H]1N=C(C(C)(C)C)N2C[C@H](CO)CC2=C1C(C)(C)C. The molecule has 0 aromatic rings. The molecular weight excluding hydrogens is 248 g/mol. The van der Waals surface area contributed by atoms with Gasteiger partial charge in [-0.05, 0) is 24.3 Å². The van der Waals surface area contributed by atoms with Gasteiger partial charge in [0.15, 0.2) is 0 Å². The van der Waals surface area contributed by atoms with Crippen LogP contribution in [0.5, 0.6) is 0 Å². The van der Waals surface area contributed by atoms with Gasteiger partial charge < -0.3 is 10.0 Å². The molecule has 3 heteroatoms. The molecule has 2 aliphatic rings. The van der Waals surface area contributed by atoms with E-state index in [0.717, 1.165) is 13.0 Å². The molecular formula is C17H30N2O. The molecule has 3 nitrogen and oxygen atoms in total. The lowest BCUT2D eigenvalue weighted by molar-refractivity contribution is 0.231. The van der Waals surface area contributed by atoms with Gasteiger partial charge in [-0.3, -0.25) is 4.99 Å².